The summed E-state index contributed by atoms with van der Waals surface area (Å²) in [7, 11) is 0. The van der Waals surface area contributed by atoms with Crippen molar-refractivity contribution in [2.45, 2.75) is 6.04 Å². The van der Waals surface area contributed by atoms with Gasteiger partial charge in [-0.3, -0.25) is 4.79 Å². The van der Waals surface area contributed by atoms with E-state index in [0.717, 1.165) is 5.76 Å². The molecule has 1 aliphatic carbocycles. The minimum absolute atomic E-state index is 0.103. The maximum Gasteiger partial charge on any atom is 0.218 e. The molecule has 0 bridgehead atoms. The van der Waals surface area contributed by atoms with Crippen LogP contribution in [0, 0.1) is 6.73 Å². The Morgan fingerprint density at radius 3 is 3.40 bits per heavy atom. The number of allylic oxidation sites excluding steroid dienone is 2. The summed E-state index contributed by atoms with van der Waals surface area (Å²) in [6, 6.07) is -0.134. The van der Waals surface area contributed by atoms with Crippen molar-refractivity contribution in [2.75, 3.05) is 0 Å². The van der Waals surface area contributed by atoms with E-state index in [4.69, 9.17) is 4.74 Å². The first-order valence-corrected chi connectivity index (χ1v) is 3.13. The van der Waals surface area contributed by atoms with E-state index in [1.165, 1.54) is 0 Å². The number of hydrogen-bond acceptors (Lipinski definition) is 2. The number of rotatable bonds is 0. The van der Waals surface area contributed by atoms with Gasteiger partial charge in [0, 0.05) is 6.73 Å². The van der Waals surface area contributed by atoms with Gasteiger partial charge < -0.3 is 10.1 Å². The topological polar surface area (TPSA) is 42.9 Å². The van der Waals surface area contributed by atoms with Crippen LogP contribution in [0.4, 0.5) is 0 Å². The largest absolute Gasteiger partial charge is 0.605 e. The normalized spacial score (nSPS) is 29.4. The molecule has 0 saturated carbocycles. The second-order valence-electron chi connectivity index (χ2n) is 2.25. The minimum Gasteiger partial charge on any atom is -0.605 e. The van der Waals surface area contributed by atoms with Gasteiger partial charge in [-0.25, -0.2) is 0 Å². The summed E-state index contributed by atoms with van der Waals surface area (Å²) in [5.74, 6) is 0.846. The molecule has 3 heteroatoms. The van der Waals surface area contributed by atoms with Gasteiger partial charge >= 0.3 is 0 Å². The van der Waals surface area contributed by atoms with Crippen molar-refractivity contribution in [3.8, 4) is 0 Å². The molecule has 1 fully saturated rings. The number of carbonyl (C=O) groups is 1. The Morgan fingerprint density at radius 2 is 2.60 bits per heavy atom. The Balaban J connectivity index is 2.33. The lowest BCUT2D eigenvalue weighted by molar-refractivity contribution is -0.629. The van der Waals surface area contributed by atoms with Crippen molar-refractivity contribution in [1.29, 1.82) is 0 Å². The molecule has 0 aromatic rings. The van der Waals surface area contributed by atoms with Crippen LogP contribution in [0.25, 0.3) is 0 Å². The highest BCUT2D eigenvalue weighted by atomic mass is 16.5. The summed E-state index contributed by atoms with van der Waals surface area (Å²) in [5.41, 5.74) is 0. The SMILES string of the molecule is O=C1C=CC=C2O[CH-][NH2+]C12. The van der Waals surface area contributed by atoms with E-state index in [2.05, 4.69) is 0 Å². The van der Waals surface area contributed by atoms with Crippen molar-refractivity contribution < 1.29 is 14.8 Å². The van der Waals surface area contributed by atoms with Crippen molar-refractivity contribution >= 4 is 5.78 Å². The predicted molar refractivity (Wildman–Crippen MR) is 33.3 cm³/mol. The second-order valence-corrected chi connectivity index (χ2v) is 2.25. The summed E-state index contributed by atoms with van der Waals surface area (Å²) >= 11 is 0. The van der Waals surface area contributed by atoms with Crippen molar-refractivity contribution in [3.05, 3.63) is 30.7 Å². The number of fused-ring (bicyclic) bond motifs is 1. The van der Waals surface area contributed by atoms with Gasteiger partial charge in [0.2, 0.25) is 5.78 Å². The van der Waals surface area contributed by atoms with Crippen LogP contribution < -0.4 is 5.32 Å². The van der Waals surface area contributed by atoms with E-state index in [-0.39, 0.29) is 11.8 Å². The number of quaternary nitrogens is 1. The molecular formula is C7H7NO2. The molecule has 0 radical (unpaired) electrons. The molecule has 0 amide bonds. The number of carbonyl (C=O) groups excluding carboxylic acids is 1. The molecule has 1 unspecified atom stereocenters. The fourth-order valence-corrected chi connectivity index (χ4v) is 1.08. The van der Waals surface area contributed by atoms with Gasteiger partial charge in [0.15, 0.2) is 6.04 Å². The van der Waals surface area contributed by atoms with Crippen LogP contribution in [0.3, 0.4) is 0 Å². The average Bonchev–Trinajstić information content (AvgIpc) is 2.36. The molecule has 1 aliphatic heterocycles. The maximum absolute atomic E-state index is 11.0. The molecule has 1 saturated heterocycles. The molecule has 52 valence electrons. The Hall–Kier alpha value is -1.09. The number of nitrogens with two attached hydrogens (primary N) is 1. The number of hydrogen-bond donors (Lipinski definition) is 1. The fourth-order valence-electron chi connectivity index (χ4n) is 1.08. The zero-order chi connectivity index (χ0) is 6.97. The molecule has 1 atom stereocenters. The third-order valence-electron chi connectivity index (χ3n) is 1.61. The van der Waals surface area contributed by atoms with E-state index >= 15 is 0 Å². The molecule has 0 aromatic carbocycles. The summed E-state index contributed by atoms with van der Waals surface area (Å²) in [6.07, 6.45) is 5.08. The first-order valence-electron chi connectivity index (χ1n) is 3.13. The van der Waals surface area contributed by atoms with Gasteiger partial charge in [-0.1, -0.05) is 6.08 Å². The van der Waals surface area contributed by atoms with E-state index in [0.29, 0.717) is 0 Å². The maximum atomic E-state index is 11.0. The lowest BCUT2D eigenvalue weighted by Gasteiger charge is -2.07. The van der Waals surface area contributed by atoms with Gasteiger partial charge in [-0.15, -0.1) is 0 Å². The summed E-state index contributed by atoms with van der Waals surface area (Å²) in [4.78, 5) is 11.0. The van der Waals surface area contributed by atoms with E-state index < -0.39 is 0 Å². The van der Waals surface area contributed by atoms with Crippen LogP contribution in [0.15, 0.2) is 24.0 Å². The fraction of sp³-hybridized carbons (Fsp3) is 0.143. The third-order valence-corrected chi connectivity index (χ3v) is 1.61. The predicted octanol–water partition coefficient (Wildman–Crippen LogP) is -0.909. The van der Waals surface area contributed by atoms with Gasteiger partial charge in [-0.2, -0.15) is 0 Å². The summed E-state index contributed by atoms with van der Waals surface area (Å²) in [6.45, 7) is 1.56. The van der Waals surface area contributed by atoms with Crippen LogP contribution in [0.1, 0.15) is 0 Å². The lowest BCUT2D eigenvalue weighted by Crippen LogP contribution is -2.86. The van der Waals surface area contributed by atoms with Crippen LogP contribution in [0.5, 0.6) is 0 Å². The van der Waals surface area contributed by atoms with Crippen LogP contribution in [-0.2, 0) is 9.53 Å². The zero-order valence-corrected chi connectivity index (χ0v) is 5.28. The summed E-state index contributed by atoms with van der Waals surface area (Å²) in [5, 5.41) is 1.76. The molecule has 0 aromatic heterocycles. The molecular weight excluding hydrogens is 130 g/mol. The van der Waals surface area contributed by atoms with Gasteiger partial charge in [0.05, 0.1) is 0 Å². The van der Waals surface area contributed by atoms with Gasteiger partial charge in [0.25, 0.3) is 0 Å². The standard InChI is InChI=1S/C7H7NO2/c9-5-2-1-3-6-7(5)8-4-10-6/h1-4,7H,8H2. The second kappa shape index (κ2) is 1.95. The van der Waals surface area contributed by atoms with Crippen molar-refractivity contribution in [1.82, 2.24) is 0 Å². The Bertz CT molecular complexity index is 230. The van der Waals surface area contributed by atoms with Gasteiger partial charge in [-0.05, 0) is 12.2 Å². The van der Waals surface area contributed by atoms with Crippen molar-refractivity contribution in [2.24, 2.45) is 0 Å². The van der Waals surface area contributed by atoms with E-state index in [9.17, 15) is 4.79 Å². The highest BCUT2D eigenvalue weighted by molar-refractivity contribution is 5.96. The zero-order valence-electron chi connectivity index (χ0n) is 5.28. The first kappa shape index (κ1) is 5.68. The Morgan fingerprint density at radius 1 is 1.70 bits per heavy atom. The highest BCUT2D eigenvalue weighted by Gasteiger charge is 2.27. The molecule has 2 aliphatic rings. The van der Waals surface area contributed by atoms with Crippen LogP contribution in [-0.4, -0.2) is 11.8 Å². The quantitative estimate of drug-likeness (QED) is 0.439. The molecule has 1 heterocycles. The van der Waals surface area contributed by atoms with Gasteiger partial charge in [0.1, 0.15) is 5.76 Å². The van der Waals surface area contributed by atoms with Crippen LogP contribution >= 0.6 is 0 Å². The lowest BCUT2D eigenvalue weighted by atomic mass is 10.1. The number of ether oxygens (including phenoxy) is 1. The minimum atomic E-state index is -0.134. The highest BCUT2D eigenvalue weighted by Crippen LogP contribution is 2.12. The smallest absolute Gasteiger partial charge is 0.218 e. The molecule has 0 spiro atoms. The molecule has 2 rings (SSSR count). The van der Waals surface area contributed by atoms with E-state index in [1.807, 2.05) is 6.08 Å². The monoisotopic (exact) mass is 137 g/mol. The first-order chi connectivity index (χ1) is 4.88. The van der Waals surface area contributed by atoms with Crippen LogP contribution in [0.2, 0.25) is 0 Å². The third kappa shape index (κ3) is 0.675. The molecule has 2 N–H and O–H groups in total. The summed E-state index contributed by atoms with van der Waals surface area (Å²) < 4.78 is 5.04. The average molecular weight is 137 g/mol. The van der Waals surface area contributed by atoms with E-state index in [1.54, 1.807) is 24.2 Å². The Kier molecular flexibility index (Phi) is 1.11. The molecule has 10 heavy (non-hydrogen) atoms. The Labute approximate surface area is 58.4 Å². The van der Waals surface area contributed by atoms with Crippen molar-refractivity contribution in [3.63, 3.8) is 0 Å². The number of ketones is 1. The molecule has 3 nitrogen and oxygen atoms in total.